The van der Waals surface area contributed by atoms with Gasteiger partial charge in [-0.05, 0) is 18.6 Å². The molecule has 0 bridgehead atoms. The first-order chi connectivity index (χ1) is 9.39. The van der Waals surface area contributed by atoms with Crippen LogP contribution in [0.2, 0.25) is 10.0 Å². The molecule has 0 atom stereocenters. The number of nitro groups is 1. The summed E-state index contributed by atoms with van der Waals surface area (Å²) in [5, 5.41) is 11.0. The highest BCUT2D eigenvalue weighted by Gasteiger charge is 2.27. The smallest absolute Gasteiger partial charge is 0.272 e. The lowest BCUT2D eigenvalue weighted by atomic mass is 9.85. The molecule has 1 aromatic rings. The monoisotopic (exact) mass is 337 g/mol. The predicted octanol–water partition coefficient (Wildman–Crippen LogP) is 5.02. The van der Waals surface area contributed by atoms with Crippen LogP contribution >= 0.6 is 35.8 Å². The molecular formula is C13H17Cl2NO3S. The number of nitro benzene ring substituents is 1. The largest absolute Gasteiger partial charge is 0.490 e. The van der Waals surface area contributed by atoms with Gasteiger partial charge in [0.1, 0.15) is 0 Å². The molecule has 0 aliphatic heterocycles. The van der Waals surface area contributed by atoms with E-state index >= 15 is 0 Å². The van der Waals surface area contributed by atoms with E-state index in [0.29, 0.717) is 12.4 Å². The first-order valence-electron chi connectivity index (χ1n) is 6.26. The molecule has 0 fully saturated rings. The highest BCUT2D eigenvalue weighted by atomic mass is 35.5. The Bertz CT molecular complexity index is 461. The summed E-state index contributed by atoms with van der Waals surface area (Å²) in [6, 6.07) is 2.48. The Morgan fingerprint density at radius 1 is 1.30 bits per heavy atom. The fourth-order valence-corrected chi connectivity index (χ4v) is 2.86. The van der Waals surface area contributed by atoms with Gasteiger partial charge in [0.2, 0.25) is 0 Å². The van der Waals surface area contributed by atoms with Crippen LogP contribution < -0.4 is 4.74 Å². The second-order valence-corrected chi connectivity index (χ2v) is 5.78. The van der Waals surface area contributed by atoms with Crippen molar-refractivity contribution in [2.45, 2.75) is 26.7 Å². The van der Waals surface area contributed by atoms with Gasteiger partial charge in [0, 0.05) is 17.5 Å². The van der Waals surface area contributed by atoms with E-state index in [1.54, 1.807) is 0 Å². The molecule has 0 heterocycles. The molecule has 4 nitrogen and oxygen atoms in total. The van der Waals surface area contributed by atoms with Gasteiger partial charge < -0.3 is 4.74 Å². The summed E-state index contributed by atoms with van der Waals surface area (Å²) in [5.74, 6) is 0.967. The van der Waals surface area contributed by atoms with Crippen LogP contribution in [0.5, 0.6) is 5.75 Å². The van der Waals surface area contributed by atoms with Crippen molar-refractivity contribution < 1.29 is 9.66 Å². The van der Waals surface area contributed by atoms with Crippen molar-refractivity contribution in [3.8, 4) is 5.75 Å². The van der Waals surface area contributed by atoms with Crippen LogP contribution in [0.3, 0.4) is 0 Å². The maximum atomic E-state index is 10.7. The second-order valence-electron chi connectivity index (χ2n) is 4.65. The number of nitrogens with zero attached hydrogens (tertiary/aromatic N) is 1. The first kappa shape index (κ1) is 17.4. The van der Waals surface area contributed by atoms with E-state index < -0.39 is 4.92 Å². The van der Waals surface area contributed by atoms with Gasteiger partial charge in [-0.1, -0.05) is 37.0 Å². The van der Waals surface area contributed by atoms with Gasteiger partial charge in [-0.15, -0.1) is 0 Å². The van der Waals surface area contributed by atoms with Gasteiger partial charge in [-0.3, -0.25) is 10.1 Å². The summed E-state index contributed by atoms with van der Waals surface area (Å²) in [6.07, 6.45) is 1.82. The second kappa shape index (κ2) is 7.38. The molecule has 0 aromatic heterocycles. The molecule has 0 unspecified atom stereocenters. The first-order valence-corrected chi connectivity index (χ1v) is 7.65. The number of hydrogen-bond donors (Lipinski definition) is 1. The average molecular weight is 338 g/mol. The molecular weight excluding hydrogens is 321 g/mol. The van der Waals surface area contributed by atoms with Crippen molar-refractivity contribution >= 4 is 41.5 Å². The molecule has 0 amide bonds. The van der Waals surface area contributed by atoms with Crippen LogP contribution in [0.1, 0.15) is 26.7 Å². The number of non-ortho nitro benzene ring substituents is 1. The topological polar surface area (TPSA) is 52.4 Å². The molecule has 20 heavy (non-hydrogen) atoms. The lowest BCUT2D eigenvalue weighted by molar-refractivity contribution is -0.384. The van der Waals surface area contributed by atoms with Crippen molar-refractivity contribution in [2.75, 3.05) is 12.4 Å². The van der Waals surface area contributed by atoms with Crippen LogP contribution in [0.15, 0.2) is 12.1 Å². The zero-order chi connectivity index (χ0) is 15.3. The van der Waals surface area contributed by atoms with E-state index in [-0.39, 0.29) is 26.9 Å². The van der Waals surface area contributed by atoms with Crippen molar-refractivity contribution in [1.82, 2.24) is 0 Å². The molecule has 112 valence electrons. The third-order valence-electron chi connectivity index (χ3n) is 3.55. The van der Waals surface area contributed by atoms with Crippen molar-refractivity contribution in [3.63, 3.8) is 0 Å². The third kappa shape index (κ3) is 3.93. The molecule has 0 aliphatic carbocycles. The fraction of sp³-hybridized carbons (Fsp3) is 0.538. The molecule has 7 heteroatoms. The molecule has 0 N–H and O–H groups in total. The van der Waals surface area contributed by atoms with E-state index in [0.717, 1.165) is 12.8 Å². The number of thiol groups is 1. The van der Waals surface area contributed by atoms with E-state index in [9.17, 15) is 10.1 Å². The number of benzene rings is 1. The molecule has 0 saturated heterocycles. The summed E-state index contributed by atoms with van der Waals surface area (Å²) in [5.41, 5.74) is -0.212. The lowest BCUT2D eigenvalue weighted by Gasteiger charge is -2.29. The Morgan fingerprint density at radius 2 is 1.80 bits per heavy atom. The van der Waals surface area contributed by atoms with Gasteiger partial charge in [0.05, 0.1) is 21.6 Å². The number of rotatable bonds is 7. The van der Waals surface area contributed by atoms with Crippen LogP contribution in [0, 0.1) is 15.5 Å². The van der Waals surface area contributed by atoms with Gasteiger partial charge in [0.15, 0.2) is 5.75 Å². The summed E-state index contributed by atoms with van der Waals surface area (Å²) >= 11 is 16.4. The summed E-state index contributed by atoms with van der Waals surface area (Å²) < 4.78 is 5.71. The summed E-state index contributed by atoms with van der Waals surface area (Å²) in [4.78, 5) is 10.2. The maximum Gasteiger partial charge on any atom is 0.272 e. The molecule has 1 rings (SSSR count). The van der Waals surface area contributed by atoms with Crippen molar-refractivity contribution in [3.05, 3.63) is 32.3 Å². The Morgan fingerprint density at radius 3 is 2.15 bits per heavy atom. The SMILES string of the molecule is CCC(CC)(CS)COc1c(Cl)cc([N+](=O)[O-])cc1Cl. The van der Waals surface area contributed by atoms with Gasteiger partial charge >= 0.3 is 0 Å². The zero-order valence-corrected chi connectivity index (χ0v) is 13.8. The van der Waals surface area contributed by atoms with Crippen LogP contribution in [0.25, 0.3) is 0 Å². The molecule has 1 aromatic carbocycles. The van der Waals surface area contributed by atoms with Crippen LogP contribution in [-0.4, -0.2) is 17.3 Å². The van der Waals surface area contributed by atoms with E-state index in [2.05, 4.69) is 26.5 Å². The zero-order valence-electron chi connectivity index (χ0n) is 11.4. The Kier molecular flexibility index (Phi) is 6.43. The quantitative estimate of drug-likeness (QED) is 0.432. The summed E-state index contributed by atoms with van der Waals surface area (Å²) in [6.45, 7) is 4.56. The lowest BCUT2D eigenvalue weighted by Crippen LogP contribution is -2.29. The molecule has 0 aliphatic rings. The fourth-order valence-electron chi connectivity index (χ4n) is 1.74. The minimum Gasteiger partial charge on any atom is -0.490 e. The highest BCUT2D eigenvalue weighted by molar-refractivity contribution is 7.80. The predicted molar refractivity (Wildman–Crippen MR) is 85.5 cm³/mol. The molecule has 0 spiro atoms. The van der Waals surface area contributed by atoms with Gasteiger partial charge in [-0.25, -0.2) is 0 Å². The van der Waals surface area contributed by atoms with Gasteiger partial charge in [-0.2, -0.15) is 12.6 Å². The molecule has 0 radical (unpaired) electrons. The Hall–Kier alpha value is -0.650. The summed E-state index contributed by atoms with van der Waals surface area (Å²) in [7, 11) is 0. The third-order valence-corrected chi connectivity index (χ3v) is 4.78. The average Bonchev–Trinajstić information content (AvgIpc) is 2.42. The minimum atomic E-state index is -0.544. The van der Waals surface area contributed by atoms with Crippen LogP contribution in [-0.2, 0) is 0 Å². The van der Waals surface area contributed by atoms with Crippen molar-refractivity contribution in [2.24, 2.45) is 5.41 Å². The van der Waals surface area contributed by atoms with E-state index in [4.69, 9.17) is 27.9 Å². The highest BCUT2D eigenvalue weighted by Crippen LogP contribution is 2.38. The standard InChI is InChI=1S/C13H17Cl2NO3S/c1-3-13(4-2,8-20)7-19-12-10(14)5-9(16(17)18)6-11(12)15/h5-6,20H,3-4,7-8H2,1-2H3. The maximum absolute atomic E-state index is 10.7. The Balaban J connectivity index is 2.96. The van der Waals surface area contributed by atoms with E-state index in [1.807, 2.05) is 0 Å². The number of ether oxygens (including phenoxy) is 1. The van der Waals surface area contributed by atoms with E-state index in [1.165, 1.54) is 12.1 Å². The van der Waals surface area contributed by atoms with Crippen LogP contribution in [0.4, 0.5) is 5.69 Å². The number of halogens is 2. The molecule has 0 saturated carbocycles. The minimum absolute atomic E-state index is 0.0580. The number of hydrogen-bond acceptors (Lipinski definition) is 4. The normalized spacial score (nSPS) is 11.4. The van der Waals surface area contributed by atoms with Gasteiger partial charge in [0.25, 0.3) is 5.69 Å². The Labute approximate surface area is 134 Å². The van der Waals surface area contributed by atoms with Crippen molar-refractivity contribution in [1.29, 1.82) is 0 Å².